The van der Waals surface area contributed by atoms with E-state index in [4.69, 9.17) is 0 Å². The van der Waals surface area contributed by atoms with Crippen LogP contribution >= 0.6 is 11.8 Å². The van der Waals surface area contributed by atoms with Crippen molar-refractivity contribution >= 4 is 29.3 Å². The summed E-state index contributed by atoms with van der Waals surface area (Å²) in [5, 5.41) is 5.82. The minimum absolute atomic E-state index is 0.0203. The Hall–Kier alpha value is -2.27. The molecule has 4 nitrogen and oxygen atoms in total. The zero-order chi connectivity index (χ0) is 16.9. The number of carbonyl (C=O) groups is 2. The molecule has 0 atom stereocenters. The maximum Gasteiger partial charge on any atom is 0.234 e. The van der Waals surface area contributed by atoms with E-state index >= 15 is 0 Å². The zero-order valence-electron chi connectivity index (χ0n) is 13.6. The van der Waals surface area contributed by atoms with E-state index in [1.807, 2.05) is 30.3 Å². The van der Waals surface area contributed by atoms with Crippen LogP contribution in [0.3, 0.4) is 0 Å². The third-order valence-electron chi connectivity index (χ3n) is 4.05. The molecule has 0 saturated carbocycles. The molecule has 2 N–H and O–H groups in total. The average molecular weight is 340 g/mol. The number of benzene rings is 2. The molecule has 124 valence electrons. The number of amides is 2. The lowest BCUT2D eigenvalue weighted by atomic mass is 10.0. The second-order valence-electron chi connectivity index (χ2n) is 5.87. The second kappa shape index (κ2) is 7.53. The maximum atomic E-state index is 12.1. The van der Waals surface area contributed by atoms with Gasteiger partial charge in [-0.3, -0.25) is 9.59 Å². The van der Waals surface area contributed by atoms with Gasteiger partial charge in [0.15, 0.2) is 0 Å². The molecule has 0 radical (unpaired) electrons. The SMILES string of the molecule is Cc1ccccc1CCC(=O)NCc1ccc2c(c1)NC(=O)CS2. The van der Waals surface area contributed by atoms with Crippen LogP contribution in [0.2, 0.25) is 0 Å². The number of anilines is 1. The van der Waals surface area contributed by atoms with Gasteiger partial charge < -0.3 is 10.6 Å². The number of hydrogen-bond acceptors (Lipinski definition) is 3. The maximum absolute atomic E-state index is 12.1. The summed E-state index contributed by atoms with van der Waals surface area (Å²) in [6.07, 6.45) is 1.22. The summed E-state index contributed by atoms with van der Waals surface area (Å²) in [5.74, 6) is 0.517. The second-order valence-corrected chi connectivity index (χ2v) is 6.89. The van der Waals surface area contributed by atoms with E-state index in [0.29, 0.717) is 18.7 Å². The summed E-state index contributed by atoms with van der Waals surface area (Å²) in [6.45, 7) is 2.53. The molecule has 2 amide bonds. The Labute approximate surface area is 146 Å². The van der Waals surface area contributed by atoms with E-state index in [1.54, 1.807) is 0 Å². The highest BCUT2D eigenvalue weighted by Gasteiger charge is 2.15. The molecule has 3 rings (SSSR count). The zero-order valence-corrected chi connectivity index (χ0v) is 14.4. The average Bonchev–Trinajstić information content (AvgIpc) is 2.59. The molecule has 0 spiro atoms. The van der Waals surface area contributed by atoms with Crippen LogP contribution in [0.5, 0.6) is 0 Å². The van der Waals surface area contributed by atoms with Crippen molar-refractivity contribution in [1.29, 1.82) is 0 Å². The smallest absolute Gasteiger partial charge is 0.234 e. The Balaban J connectivity index is 1.52. The Morgan fingerprint density at radius 1 is 1.25 bits per heavy atom. The number of thioether (sulfide) groups is 1. The van der Waals surface area contributed by atoms with Crippen LogP contribution in [-0.4, -0.2) is 17.6 Å². The summed E-state index contributed by atoms with van der Waals surface area (Å²) in [7, 11) is 0. The van der Waals surface area contributed by atoms with Crippen molar-refractivity contribution in [3.8, 4) is 0 Å². The van der Waals surface area contributed by atoms with Crippen molar-refractivity contribution in [3.05, 3.63) is 59.2 Å². The molecule has 2 aromatic rings. The van der Waals surface area contributed by atoms with Gasteiger partial charge in [0.2, 0.25) is 11.8 Å². The topological polar surface area (TPSA) is 58.2 Å². The Kier molecular flexibility index (Phi) is 5.20. The number of carbonyl (C=O) groups excluding carboxylic acids is 2. The predicted molar refractivity (Wildman–Crippen MR) is 97.1 cm³/mol. The molecule has 0 aliphatic carbocycles. The molecule has 0 bridgehead atoms. The monoisotopic (exact) mass is 340 g/mol. The molecule has 0 unspecified atom stereocenters. The van der Waals surface area contributed by atoms with Crippen LogP contribution in [0.15, 0.2) is 47.4 Å². The van der Waals surface area contributed by atoms with Gasteiger partial charge in [-0.25, -0.2) is 0 Å². The van der Waals surface area contributed by atoms with Crippen molar-refractivity contribution in [2.45, 2.75) is 31.2 Å². The molecular weight excluding hydrogens is 320 g/mol. The highest BCUT2D eigenvalue weighted by atomic mass is 32.2. The van der Waals surface area contributed by atoms with Crippen molar-refractivity contribution in [1.82, 2.24) is 5.32 Å². The summed E-state index contributed by atoms with van der Waals surface area (Å²) in [6, 6.07) is 14.0. The van der Waals surface area contributed by atoms with Gasteiger partial charge in [-0.15, -0.1) is 11.8 Å². The Morgan fingerprint density at radius 2 is 2.08 bits per heavy atom. The molecule has 1 heterocycles. The quantitative estimate of drug-likeness (QED) is 0.878. The minimum Gasteiger partial charge on any atom is -0.352 e. The van der Waals surface area contributed by atoms with Gasteiger partial charge in [-0.2, -0.15) is 0 Å². The van der Waals surface area contributed by atoms with Gasteiger partial charge in [-0.05, 0) is 42.2 Å². The van der Waals surface area contributed by atoms with Gasteiger partial charge in [0, 0.05) is 17.9 Å². The van der Waals surface area contributed by atoms with E-state index < -0.39 is 0 Å². The summed E-state index contributed by atoms with van der Waals surface area (Å²) >= 11 is 1.54. The number of hydrogen-bond donors (Lipinski definition) is 2. The normalized spacial score (nSPS) is 13.1. The molecule has 0 saturated heterocycles. The fourth-order valence-electron chi connectivity index (χ4n) is 2.67. The molecule has 24 heavy (non-hydrogen) atoms. The molecule has 0 fully saturated rings. The number of aryl methyl sites for hydroxylation is 2. The van der Waals surface area contributed by atoms with Gasteiger partial charge in [0.1, 0.15) is 0 Å². The van der Waals surface area contributed by atoms with E-state index in [-0.39, 0.29) is 11.8 Å². The van der Waals surface area contributed by atoms with Crippen LogP contribution in [0.1, 0.15) is 23.1 Å². The number of nitrogens with one attached hydrogen (secondary N) is 2. The van der Waals surface area contributed by atoms with Crippen LogP contribution in [0, 0.1) is 6.92 Å². The summed E-state index contributed by atoms with van der Waals surface area (Å²) < 4.78 is 0. The Morgan fingerprint density at radius 3 is 2.92 bits per heavy atom. The Bertz CT molecular complexity index is 774. The van der Waals surface area contributed by atoms with Crippen LogP contribution < -0.4 is 10.6 Å². The van der Waals surface area contributed by atoms with Crippen LogP contribution in [0.4, 0.5) is 5.69 Å². The van der Waals surface area contributed by atoms with Crippen LogP contribution in [-0.2, 0) is 22.6 Å². The van der Waals surface area contributed by atoms with Crippen molar-refractivity contribution in [2.75, 3.05) is 11.1 Å². The lowest BCUT2D eigenvalue weighted by Crippen LogP contribution is -2.23. The molecular formula is C19H20N2O2S. The van der Waals surface area contributed by atoms with Crippen molar-refractivity contribution in [3.63, 3.8) is 0 Å². The molecule has 5 heteroatoms. The first-order chi connectivity index (χ1) is 11.6. The first-order valence-corrected chi connectivity index (χ1v) is 8.97. The first kappa shape index (κ1) is 16.6. The number of rotatable bonds is 5. The lowest BCUT2D eigenvalue weighted by Gasteiger charge is -2.17. The molecule has 2 aromatic carbocycles. The predicted octanol–water partition coefficient (Wildman–Crippen LogP) is 3.29. The van der Waals surface area contributed by atoms with E-state index in [2.05, 4.69) is 29.7 Å². The fourth-order valence-corrected chi connectivity index (χ4v) is 3.46. The first-order valence-electron chi connectivity index (χ1n) is 7.98. The van der Waals surface area contributed by atoms with Gasteiger partial charge in [0.05, 0.1) is 11.4 Å². The van der Waals surface area contributed by atoms with E-state index in [0.717, 1.165) is 22.6 Å². The highest BCUT2D eigenvalue weighted by Crippen LogP contribution is 2.31. The largest absolute Gasteiger partial charge is 0.352 e. The van der Waals surface area contributed by atoms with Gasteiger partial charge in [-0.1, -0.05) is 30.3 Å². The van der Waals surface area contributed by atoms with Crippen molar-refractivity contribution < 1.29 is 9.59 Å². The number of fused-ring (bicyclic) bond motifs is 1. The standard InChI is InChI=1S/C19H20N2O2S/c1-13-4-2-3-5-15(13)7-9-18(22)20-11-14-6-8-17-16(10-14)21-19(23)12-24-17/h2-6,8,10H,7,9,11-12H2,1H3,(H,20,22)(H,21,23). The minimum atomic E-state index is 0.0203. The molecule has 0 aromatic heterocycles. The van der Waals surface area contributed by atoms with E-state index in [9.17, 15) is 9.59 Å². The van der Waals surface area contributed by atoms with Gasteiger partial charge in [0.25, 0.3) is 0 Å². The fraction of sp³-hybridized carbons (Fsp3) is 0.263. The summed E-state index contributed by atoms with van der Waals surface area (Å²) in [4.78, 5) is 24.6. The van der Waals surface area contributed by atoms with Crippen molar-refractivity contribution in [2.24, 2.45) is 0 Å². The summed E-state index contributed by atoms with van der Waals surface area (Å²) in [5.41, 5.74) is 4.25. The molecule has 1 aliphatic heterocycles. The third kappa shape index (κ3) is 4.17. The third-order valence-corrected chi connectivity index (χ3v) is 5.12. The molecule has 1 aliphatic rings. The highest BCUT2D eigenvalue weighted by molar-refractivity contribution is 8.00. The van der Waals surface area contributed by atoms with Crippen LogP contribution in [0.25, 0.3) is 0 Å². The lowest BCUT2D eigenvalue weighted by molar-refractivity contribution is -0.121. The van der Waals surface area contributed by atoms with E-state index in [1.165, 1.54) is 22.9 Å². The van der Waals surface area contributed by atoms with Gasteiger partial charge >= 0.3 is 0 Å².